The fourth-order valence-electron chi connectivity index (χ4n) is 2.23. The number of hydrogen-bond acceptors (Lipinski definition) is 4. The lowest BCUT2D eigenvalue weighted by Gasteiger charge is -2.28. The van der Waals surface area contributed by atoms with Crippen molar-refractivity contribution in [1.82, 2.24) is 0 Å². The summed E-state index contributed by atoms with van der Waals surface area (Å²) in [6, 6.07) is 5.58. The summed E-state index contributed by atoms with van der Waals surface area (Å²) in [6.07, 6.45) is 0.325. The molecule has 0 heterocycles. The van der Waals surface area contributed by atoms with Crippen molar-refractivity contribution in [3.8, 4) is 5.75 Å². The Morgan fingerprint density at radius 1 is 1.23 bits per heavy atom. The SMILES string of the molecule is COc1ccc(NC(=O)OC(C)(C)C)c(C(C)(C)CCN)c1. The van der Waals surface area contributed by atoms with Gasteiger partial charge in [0.25, 0.3) is 0 Å². The van der Waals surface area contributed by atoms with E-state index in [1.165, 1.54) is 0 Å². The van der Waals surface area contributed by atoms with Crippen LogP contribution in [0.2, 0.25) is 0 Å². The van der Waals surface area contributed by atoms with Gasteiger partial charge in [-0.25, -0.2) is 4.79 Å². The second-order valence-electron chi connectivity index (χ2n) is 6.96. The first-order chi connectivity index (χ1) is 10.1. The molecule has 0 aliphatic carbocycles. The van der Waals surface area contributed by atoms with Crippen LogP contribution in [0.5, 0.6) is 5.75 Å². The van der Waals surface area contributed by atoms with Crippen molar-refractivity contribution in [2.45, 2.75) is 52.1 Å². The molecular formula is C17H28N2O3. The molecule has 0 radical (unpaired) electrons. The number of nitrogens with one attached hydrogen (secondary N) is 1. The molecule has 0 unspecified atom stereocenters. The van der Waals surface area contributed by atoms with E-state index in [2.05, 4.69) is 19.2 Å². The molecule has 0 bridgehead atoms. The van der Waals surface area contributed by atoms with Crippen LogP contribution in [0.15, 0.2) is 18.2 Å². The second-order valence-corrected chi connectivity index (χ2v) is 6.96. The van der Waals surface area contributed by atoms with Gasteiger partial charge in [0.1, 0.15) is 11.4 Å². The summed E-state index contributed by atoms with van der Waals surface area (Å²) in [5.74, 6) is 0.745. The minimum atomic E-state index is -0.538. The van der Waals surface area contributed by atoms with E-state index >= 15 is 0 Å². The van der Waals surface area contributed by atoms with Crippen LogP contribution in [0.4, 0.5) is 10.5 Å². The second kappa shape index (κ2) is 7.01. The molecule has 0 fully saturated rings. The highest BCUT2D eigenvalue weighted by Crippen LogP contribution is 2.35. The Bertz CT molecular complexity index is 519. The third-order valence-electron chi connectivity index (χ3n) is 3.36. The van der Waals surface area contributed by atoms with Crippen molar-refractivity contribution in [3.63, 3.8) is 0 Å². The van der Waals surface area contributed by atoms with E-state index in [4.69, 9.17) is 15.2 Å². The van der Waals surface area contributed by atoms with Crippen LogP contribution >= 0.6 is 0 Å². The van der Waals surface area contributed by atoms with Crippen LogP contribution in [-0.2, 0) is 10.2 Å². The molecule has 0 aliphatic rings. The number of ether oxygens (including phenoxy) is 2. The monoisotopic (exact) mass is 308 g/mol. The van der Waals surface area contributed by atoms with E-state index in [9.17, 15) is 4.79 Å². The van der Waals surface area contributed by atoms with Gasteiger partial charge in [0.2, 0.25) is 0 Å². The van der Waals surface area contributed by atoms with Gasteiger partial charge < -0.3 is 15.2 Å². The van der Waals surface area contributed by atoms with Crippen molar-refractivity contribution in [1.29, 1.82) is 0 Å². The molecule has 0 atom stereocenters. The maximum absolute atomic E-state index is 12.0. The maximum Gasteiger partial charge on any atom is 0.412 e. The lowest BCUT2D eigenvalue weighted by atomic mass is 9.80. The zero-order valence-corrected chi connectivity index (χ0v) is 14.4. The molecule has 1 aromatic rings. The molecule has 1 aromatic carbocycles. The van der Waals surface area contributed by atoms with Crippen LogP contribution in [0, 0.1) is 0 Å². The zero-order valence-electron chi connectivity index (χ0n) is 14.4. The van der Waals surface area contributed by atoms with Crippen LogP contribution in [0.3, 0.4) is 0 Å². The summed E-state index contributed by atoms with van der Waals surface area (Å²) < 4.78 is 10.6. The number of rotatable bonds is 5. The largest absolute Gasteiger partial charge is 0.497 e. The Morgan fingerprint density at radius 3 is 2.36 bits per heavy atom. The molecule has 1 amide bonds. The number of methoxy groups -OCH3 is 1. The molecule has 5 nitrogen and oxygen atoms in total. The van der Waals surface area contributed by atoms with Gasteiger partial charge in [-0.15, -0.1) is 0 Å². The number of carbonyl (C=O) groups excluding carboxylic acids is 1. The first-order valence-corrected chi connectivity index (χ1v) is 7.47. The molecule has 3 N–H and O–H groups in total. The quantitative estimate of drug-likeness (QED) is 0.870. The molecule has 0 aliphatic heterocycles. The van der Waals surface area contributed by atoms with Gasteiger partial charge in [0.15, 0.2) is 0 Å². The van der Waals surface area contributed by atoms with E-state index < -0.39 is 11.7 Å². The summed E-state index contributed by atoms with van der Waals surface area (Å²) in [7, 11) is 1.62. The highest BCUT2D eigenvalue weighted by Gasteiger charge is 2.25. The number of anilines is 1. The predicted octanol–water partition coefficient (Wildman–Crippen LogP) is 3.67. The fraction of sp³-hybridized carbons (Fsp3) is 0.588. The Morgan fingerprint density at radius 2 is 1.86 bits per heavy atom. The summed E-state index contributed by atoms with van der Waals surface area (Å²) in [5.41, 5.74) is 6.68. The predicted molar refractivity (Wildman–Crippen MR) is 89.5 cm³/mol. The van der Waals surface area contributed by atoms with Gasteiger partial charge >= 0.3 is 6.09 Å². The highest BCUT2D eigenvalue weighted by atomic mass is 16.6. The molecule has 0 saturated heterocycles. The molecule has 0 saturated carbocycles. The van der Waals surface area contributed by atoms with E-state index in [1.54, 1.807) is 7.11 Å². The van der Waals surface area contributed by atoms with Crippen molar-refractivity contribution >= 4 is 11.8 Å². The van der Waals surface area contributed by atoms with E-state index in [0.29, 0.717) is 12.2 Å². The highest BCUT2D eigenvalue weighted by molar-refractivity contribution is 5.86. The lowest BCUT2D eigenvalue weighted by molar-refractivity contribution is 0.0635. The standard InChI is InChI=1S/C17H28N2O3/c1-16(2,3)22-15(20)19-14-8-7-12(21-6)11-13(14)17(4,5)9-10-18/h7-8,11H,9-10,18H2,1-6H3,(H,19,20). The molecule has 22 heavy (non-hydrogen) atoms. The van der Waals surface area contributed by atoms with Crippen LogP contribution in [0.25, 0.3) is 0 Å². The Balaban J connectivity index is 3.11. The lowest BCUT2D eigenvalue weighted by Crippen LogP contribution is -2.29. The minimum Gasteiger partial charge on any atom is -0.497 e. The van der Waals surface area contributed by atoms with Gasteiger partial charge in [-0.3, -0.25) is 5.32 Å². The van der Waals surface area contributed by atoms with E-state index in [-0.39, 0.29) is 5.41 Å². The van der Waals surface area contributed by atoms with Crippen LogP contribution in [-0.4, -0.2) is 25.3 Å². The van der Waals surface area contributed by atoms with Crippen molar-refractivity contribution in [2.75, 3.05) is 19.0 Å². The number of hydrogen-bond donors (Lipinski definition) is 2. The van der Waals surface area contributed by atoms with Gasteiger partial charge in [0.05, 0.1) is 7.11 Å². The summed E-state index contributed by atoms with van der Waals surface area (Å²) >= 11 is 0. The summed E-state index contributed by atoms with van der Waals surface area (Å²) in [5, 5.41) is 2.83. The topological polar surface area (TPSA) is 73.6 Å². The van der Waals surface area contributed by atoms with Gasteiger partial charge in [-0.05, 0) is 62.9 Å². The number of carbonyl (C=O) groups is 1. The maximum atomic E-state index is 12.0. The molecule has 5 heteroatoms. The van der Waals surface area contributed by atoms with Crippen molar-refractivity contribution in [3.05, 3.63) is 23.8 Å². The fourth-order valence-corrected chi connectivity index (χ4v) is 2.23. The Hall–Kier alpha value is -1.75. The Labute approximate surface area is 133 Å². The van der Waals surface area contributed by atoms with Gasteiger partial charge in [-0.2, -0.15) is 0 Å². The zero-order chi connectivity index (χ0) is 17.0. The average molecular weight is 308 g/mol. The smallest absolute Gasteiger partial charge is 0.412 e. The molecule has 0 spiro atoms. The number of amides is 1. The molecule has 0 aromatic heterocycles. The third-order valence-corrected chi connectivity index (χ3v) is 3.36. The van der Waals surface area contributed by atoms with Gasteiger partial charge in [0, 0.05) is 5.69 Å². The van der Waals surface area contributed by atoms with Crippen molar-refractivity contribution in [2.24, 2.45) is 5.73 Å². The summed E-state index contributed by atoms with van der Waals surface area (Å²) in [4.78, 5) is 12.0. The van der Waals surface area contributed by atoms with Crippen LogP contribution in [0.1, 0.15) is 46.6 Å². The Kier molecular flexibility index (Phi) is 5.83. The van der Waals surface area contributed by atoms with E-state index in [0.717, 1.165) is 17.7 Å². The molecular weight excluding hydrogens is 280 g/mol. The van der Waals surface area contributed by atoms with Gasteiger partial charge in [-0.1, -0.05) is 13.8 Å². The number of nitrogens with two attached hydrogens (primary N) is 1. The van der Waals surface area contributed by atoms with Crippen molar-refractivity contribution < 1.29 is 14.3 Å². The minimum absolute atomic E-state index is 0.187. The average Bonchev–Trinajstić information content (AvgIpc) is 2.36. The first kappa shape index (κ1) is 18.3. The van der Waals surface area contributed by atoms with Crippen LogP contribution < -0.4 is 15.8 Å². The summed E-state index contributed by atoms with van der Waals surface area (Å²) in [6.45, 7) is 10.2. The number of benzene rings is 1. The normalized spacial score (nSPS) is 12.0. The molecule has 124 valence electrons. The van der Waals surface area contributed by atoms with E-state index in [1.807, 2.05) is 39.0 Å². The first-order valence-electron chi connectivity index (χ1n) is 7.47. The third kappa shape index (κ3) is 5.22. The molecule has 1 rings (SSSR count).